The van der Waals surface area contributed by atoms with E-state index < -0.39 is 29.1 Å². The lowest BCUT2D eigenvalue weighted by atomic mass is 9.84. The summed E-state index contributed by atoms with van der Waals surface area (Å²) in [5.74, 6) is 1.38. The van der Waals surface area contributed by atoms with Crippen LogP contribution in [0.4, 0.5) is 0 Å². The maximum atomic E-state index is 11.5. The first-order valence-corrected chi connectivity index (χ1v) is 12.8. The van der Waals surface area contributed by atoms with Crippen LogP contribution >= 0.6 is 35.3 Å². The molecule has 29 heavy (non-hydrogen) atoms. The number of thioether (sulfide) groups is 3. The van der Waals surface area contributed by atoms with E-state index in [-0.39, 0.29) is 6.04 Å². The Hall–Kier alpha value is -0.480. The zero-order valence-corrected chi connectivity index (χ0v) is 20.5. The summed E-state index contributed by atoms with van der Waals surface area (Å²) >= 11 is 4.86. The van der Waals surface area contributed by atoms with Crippen molar-refractivity contribution in [3.8, 4) is 0 Å². The van der Waals surface area contributed by atoms with Crippen molar-refractivity contribution in [1.82, 2.24) is 0 Å². The van der Waals surface area contributed by atoms with Crippen LogP contribution in [-0.4, -0.2) is 67.3 Å². The fourth-order valence-corrected chi connectivity index (χ4v) is 6.76. The van der Waals surface area contributed by atoms with E-state index in [0.29, 0.717) is 22.5 Å². The van der Waals surface area contributed by atoms with Crippen LogP contribution in [0.1, 0.15) is 41.5 Å². The van der Waals surface area contributed by atoms with E-state index in [2.05, 4.69) is 24.9 Å². The number of rotatable bonds is 9. The van der Waals surface area contributed by atoms with Gasteiger partial charge in [0.2, 0.25) is 0 Å². The lowest BCUT2D eigenvalue weighted by Crippen LogP contribution is -2.49. The lowest BCUT2D eigenvalue weighted by Gasteiger charge is -2.34. The molecule has 0 saturated heterocycles. The molecule has 2 aliphatic heterocycles. The molecule has 6 nitrogen and oxygen atoms in total. The smallest absolute Gasteiger partial charge is 0.332 e. The van der Waals surface area contributed by atoms with E-state index in [1.807, 2.05) is 32.5 Å². The van der Waals surface area contributed by atoms with Crippen LogP contribution in [-0.2, 0) is 4.79 Å². The fraction of sp³-hybridized carbons (Fsp3) is 0.750. The molecule has 0 amide bonds. The minimum absolute atomic E-state index is 0.163. The topological polar surface area (TPSA) is 108 Å². The number of aliphatic imine (C=N–C) groups is 2. The lowest BCUT2D eigenvalue weighted by molar-refractivity contribution is -0.141. The highest BCUT2D eigenvalue weighted by molar-refractivity contribution is 8.14. The van der Waals surface area contributed by atoms with Gasteiger partial charge in [-0.05, 0) is 13.8 Å². The highest BCUT2D eigenvalue weighted by atomic mass is 32.2. The first-order chi connectivity index (χ1) is 13.4. The molecule has 0 aromatic rings. The van der Waals surface area contributed by atoms with E-state index in [0.717, 1.165) is 5.75 Å². The predicted octanol–water partition coefficient (Wildman–Crippen LogP) is 3.50. The highest BCUT2D eigenvalue weighted by Gasteiger charge is 2.46. The summed E-state index contributed by atoms with van der Waals surface area (Å²) in [5, 5.41) is 22.2. The minimum Gasteiger partial charge on any atom is -0.479 e. The van der Waals surface area contributed by atoms with Crippen LogP contribution in [0.25, 0.3) is 0 Å². The van der Waals surface area contributed by atoms with Gasteiger partial charge in [-0.3, -0.25) is 9.98 Å². The minimum atomic E-state index is -1.14. The van der Waals surface area contributed by atoms with Gasteiger partial charge in [-0.25, -0.2) is 4.79 Å². The third-order valence-corrected chi connectivity index (χ3v) is 9.56. The normalized spacial score (nSPS) is 27.8. The SMILES string of the molecule is C/C=C(/SC[C@@H](N)[C@@H](O)C(C)(C)C1=N[C@@](C)(C(=O)O)CS1)[C@H]1CSC(C(C)C)=N1. The van der Waals surface area contributed by atoms with Gasteiger partial charge in [-0.15, -0.1) is 35.3 Å². The van der Waals surface area contributed by atoms with Gasteiger partial charge >= 0.3 is 5.97 Å². The Bertz CT molecular complexity index is 721. The van der Waals surface area contributed by atoms with Crippen molar-refractivity contribution in [2.24, 2.45) is 27.1 Å². The van der Waals surface area contributed by atoms with E-state index in [4.69, 9.17) is 10.7 Å². The highest BCUT2D eigenvalue weighted by Crippen LogP contribution is 2.40. The number of aliphatic hydroxyl groups excluding tert-OH is 1. The number of nitrogens with zero attached hydrogens (tertiary/aromatic N) is 2. The Morgan fingerprint density at radius 1 is 1.45 bits per heavy atom. The van der Waals surface area contributed by atoms with Crippen LogP contribution in [0.2, 0.25) is 0 Å². The number of hydrogen-bond acceptors (Lipinski definition) is 8. The van der Waals surface area contributed by atoms with E-state index in [1.54, 1.807) is 18.7 Å². The summed E-state index contributed by atoms with van der Waals surface area (Å²) < 4.78 is 0. The van der Waals surface area contributed by atoms with Crippen molar-refractivity contribution < 1.29 is 15.0 Å². The van der Waals surface area contributed by atoms with Crippen molar-refractivity contribution in [2.45, 2.75) is 65.3 Å². The molecule has 0 aliphatic carbocycles. The Labute approximate surface area is 186 Å². The molecule has 2 heterocycles. The van der Waals surface area contributed by atoms with Gasteiger partial charge in [-0.2, -0.15) is 0 Å². The van der Waals surface area contributed by atoms with Crippen molar-refractivity contribution in [1.29, 1.82) is 0 Å². The molecule has 0 bridgehead atoms. The molecule has 0 aromatic carbocycles. The van der Waals surface area contributed by atoms with Gasteiger partial charge in [0.05, 0.1) is 22.2 Å². The summed E-state index contributed by atoms with van der Waals surface area (Å²) in [6.07, 6.45) is 1.26. The number of aliphatic hydroxyl groups is 1. The van der Waals surface area contributed by atoms with Gasteiger partial charge < -0.3 is 15.9 Å². The Balaban J connectivity index is 2.01. The zero-order valence-electron chi connectivity index (χ0n) is 18.0. The van der Waals surface area contributed by atoms with Gasteiger partial charge in [0.25, 0.3) is 0 Å². The summed E-state index contributed by atoms with van der Waals surface area (Å²) in [7, 11) is 0. The van der Waals surface area contributed by atoms with Crippen molar-refractivity contribution in [3.05, 3.63) is 11.0 Å². The van der Waals surface area contributed by atoms with E-state index in [1.165, 1.54) is 21.7 Å². The number of hydrogen-bond donors (Lipinski definition) is 3. The second-order valence-electron chi connectivity index (χ2n) is 8.57. The number of carbonyl (C=O) groups is 1. The molecule has 0 unspecified atom stereocenters. The van der Waals surface area contributed by atoms with Gasteiger partial charge in [-0.1, -0.05) is 33.8 Å². The molecule has 164 valence electrons. The fourth-order valence-electron chi connectivity index (χ4n) is 3.11. The molecule has 2 aliphatic rings. The molecule has 4 N–H and O–H groups in total. The van der Waals surface area contributed by atoms with Gasteiger partial charge in [0, 0.05) is 39.5 Å². The monoisotopic (exact) mass is 459 g/mol. The number of carboxylic acids is 1. The van der Waals surface area contributed by atoms with Crippen molar-refractivity contribution in [2.75, 3.05) is 17.3 Å². The Morgan fingerprint density at radius 2 is 2.10 bits per heavy atom. The van der Waals surface area contributed by atoms with Crippen LogP contribution < -0.4 is 5.73 Å². The quantitative estimate of drug-likeness (QED) is 0.484. The summed E-state index contributed by atoms with van der Waals surface area (Å²) in [6.45, 7) is 11.7. The molecular weight excluding hydrogens is 426 g/mol. The van der Waals surface area contributed by atoms with Crippen LogP contribution in [0.15, 0.2) is 21.0 Å². The third-order valence-electron chi connectivity index (χ3n) is 5.22. The third kappa shape index (κ3) is 5.61. The van der Waals surface area contributed by atoms with E-state index in [9.17, 15) is 15.0 Å². The van der Waals surface area contributed by atoms with Crippen molar-refractivity contribution in [3.63, 3.8) is 0 Å². The summed E-state index contributed by atoms with van der Waals surface area (Å²) in [6, 6.07) is -0.302. The summed E-state index contributed by atoms with van der Waals surface area (Å²) in [5.41, 5.74) is 4.51. The molecule has 2 rings (SSSR count). The van der Waals surface area contributed by atoms with Crippen LogP contribution in [0.3, 0.4) is 0 Å². The molecule has 0 spiro atoms. The van der Waals surface area contributed by atoms with E-state index >= 15 is 0 Å². The van der Waals surface area contributed by atoms with Crippen LogP contribution in [0, 0.1) is 11.3 Å². The molecule has 0 saturated carbocycles. The summed E-state index contributed by atoms with van der Waals surface area (Å²) in [4.78, 5) is 21.9. The van der Waals surface area contributed by atoms with Crippen LogP contribution in [0.5, 0.6) is 0 Å². The standard InChI is InChI=1S/C20H33N3O3S3/c1-7-14(13-9-28-16(22-13)11(2)3)27-8-12(21)15(24)19(4,5)17-23-20(6,10-29-17)18(25)26/h7,11-13,15,24H,8-10,21H2,1-6H3,(H,25,26)/b14-7+/t12-,13-,15-,20-/m1/s1. The molecular formula is C20H33N3O3S3. The molecule has 9 heteroatoms. The molecule has 0 fully saturated rings. The average Bonchev–Trinajstić information content (AvgIpc) is 3.30. The van der Waals surface area contributed by atoms with Gasteiger partial charge in [0.15, 0.2) is 5.54 Å². The second kappa shape index (κ2) is 9.77. The zero-order chi connectivity index (χ0) is 22.0. The Kier molecular flexibility index (Phi) is 8.35. The predicted molar refractivity (Wildman–Crippen MR) is 128 cm³/mol. The molecule has 0 radical (unpaired) electrons. The van der Waals surface area contributed by atoms with Gasteiger partial charge in [0.1, 0.15) is 0 Å². The molecule has 0 aromatic heterocycles. The first kappa shape index (κ1) is 24.8. The maximum absolute atomic E-state index is 11.5. The number of nitrogens with two attached hydrogens (primary N) is 1. The number of allylic oxidation sites excluding steroid dienone is 1. The number of aliphatic carboxylic acids is 1. The number of carboxylic acid groups (broad SMARTS) is 1. The maximum Gasteiger partial charge on any atom is 0.332 e. The molecule has 4 atom stereocenters. The Morgan fingerprint density at radius 3 is 2.59 bits per heavy atom. The van der Waals surface area contributed by atoms with Crippen molar-refractivity contribution >= 4 is 51.3 Å². The second-order valence-corrected chi connectivity index (χ2v) is 11.7. The largest absolute Gasteiger partial charge is 0.479 e. The average molecular weight is 460 g/mol. The first-order valence-electron chi connectivity index (χ1n) is 9.82.